The molecule has 1 saturated heterocycles. The molecule has 1 unspecified atom stereocenters. The minimum atomic E-state index is -1.13. The Balaban J connectivity index is 3.24. The maximum Gasteiger partial charge on any atom is 0.303 e. The third-order valence-electron chi connectivity index (χ3n) is 3.45. The van der Waals surface area contributed by atoms with E-state index in [-0.39, 0.29) is 13.2 Å². The van der Waals surface area contributed by atoms with Crippen LogP contribution in [-0.4, -0.2) is 67.7 Å². The van der Waals surface area contributed by atoms with Crippen molar-refractivity contribution in [2.75, 3.05) is 13.2 Å². The Morgan fingerprint density at radius 2 is 1.59 bits per heavy atom. The normalized spacial score (nSPS) is 27.2. The average Bonchev–Trinajstić information content (AvgIpc) is 2.54. The number of carbonyl (C=O) groups excluding carboxylic acids is 4. The molecule has 1 N–H and O–H groups in total. The van der Waals surface area contributed by atoms with E-state index in [4.69, 9.17) is 23.7 Å². The van der Waals surface area contributed by atoms with E-state index in [1.54, 1.807) is 0 Å². The van der Waals surface area contributed by atoms with Crippen molar-refractivity contribution < 1.29 is 42.9 Å². The summed E-state index contributed by atoms with van der Waals surface area (Å²) in [7, 11) is 0. The third-order valence-corrected chi connectivity index (χ3v) is 3.45. The van der Waals surface area contributed by atoms with Gasteiger partial charge in [-0.05, 0) is 0 Å². The van der Waals surface area contributed by atoms with Gasteiger partial charge in [0.2, 0.25) is 5.91 Å². The van der Waals surface area contributed by atoms with Crippen LogP contribution in [0.1, 0.15) is 27.7 Å². The summed E-state index contributed by atoms with van der Waals surface area (Å²) < 4.78 is 26.8. The highest BCUT2D eigenvalue weighted by Crippen LogP contribution is 2.27. The summed E-state index contributed by atoms with van der Waals surface area (Å²) in [6, 6.07) is -0.968. The number of amides is 1. The van der Waals surface area contributed by atoms with Gasteiger partial charge in [-0.25, -0.2) is 0 Å². The molecule has 5 atom stereocenters. The van der Waals surface area contributed by atoms with Crippen molar-refractivity contribution in [1.29, 1.82) is 0 Å². The molecule has 1 aliphatic rings. The quantitative estimate of drug-likeness (QED) is 0.343. The monoisotopic (exact) mass is 387 g/mol. The second kappa shape index (κ2) is 10.6. The SMILES string of the molecule is C=CCOC1O[C@H](COC(C)=O)[C@H](OC(C)=O)[C@H](OC(C)=O)[C@H]1NC(C)=O. The van der Waals surface area contributed by atoms with Crippen LogP contribution in [0.3, 0.4) is 0 Å². The van der Waals surface area contributed by atoms with Crippen molar-refractivity contribution in [3.8, 4) is 0 Å². The molecule has 0 spiro atoms. The summed E-state index contributed by atoms with van der Waals surface area (Å²) in [4.78, 5) is 46.0. The average molecular weight is 387 g/mol. The molecule has 152 valence electrons. The fourth-order valence-corrected chi connectivity index (χ4v) is 2.60. The predicted molar refractivity (Wildman–Crippen MR) is 90.2 cm³/mol. The first-order valence-corrected chi connectivity index (χ1v) is 8.28. The summed E-state index contributed by atoms with van der Waals surface area (Å²) >= 11 is 0. The Kier molecular flexibility index (Phi) is 8.89. The zero-order valence-electron chi connectivity index (χ0n) is 15.8. The van der Waals surface area contributed by atoms with Crippen molar-refractivity contribution in [2.45, 2.75) is 58.3 Å². The molecule has 1 rings (SSSR count). The molecule has 1 fully saturated rings. The lowest BCUT2D eigenvalue weighted by Gasteiger charge is -2.44. The van der Waals surface area contributed by atoms with Crippen LogP contribution in [0.2, 0.25) is 0 Å². The van der Waals surface area contributed by atoms with Crippen molar-refractivity contribution in [3.63, 3.8) is 0 Å². The predicted octanol–water partition coefficient (Wildman–Crippen LogP) is -0.155. The van der Waals surface area contributed by atoms with Gasteiger partial charge in [0.05, 0.1) is 6.61 Å². The summed E-state index contributed by atoms with van der Waals surface area (Å²) in [6.07, 6.45) is -2.84. The summed E-state index contributed by atoms with van der Waals surface area (Å²) in [5.74, 6) is -2.34. The number of esters is 3. The minimum absolute atomic E-state index is 0.0755. The highest BCUT2D eigenvalue weighted by molar-refractivity contribution is 5.73. The first-order valence-electron chi connectivity index (χ1n) is 8.28. The number of nitrogens with one attached hydrogen (secondary N) is 1. The molecule has 1 amide bonds. The van der Waals surface area contributed by atoms with Gasteiger partial charge in [0.1, 0.15) is 18.8 Å². The number of hydrogen-bond acceptors (Lipinski definition) is 9. The smallest absolute Gasteiger partial charge is 0.303 e. The Morgan fingerprint density at radius 1 is 1.00 bits per heavy atom. The molecular weight excluding hydrogens is 362 g/mol. The van der Waals surface area contributed by atoms with Crippen LogP contribution in [0.15, 0.2) is 12.7 Å². The number of rotatable bonds is 8. The standard InChI is InChI=1S/C17H25NO9/c1-6-7-23-17-14(18-9(2)19)16(26-12(5)22)15(25-11(4)21)13(27-17)8-24-10(3)20/h6,13-17H,1,7-8H2,2-5H3,(H,18,19)/t13-,14-,15+,16-,17?/m1/s1. The first-order chi connectivity index (χ1) is 12.6. The molecule has 10 nitrogen and oxygen atoms in total. The fourth-order valence-electron chi connectivity index (χ4n) is 2.60. The molecule has 0 aliphatic carbocycles. The van der Waals surface area contributed by atoms with E-state index in [2.05, 4.69) is 11.9 Å². The Bertz CT molecular complexity index is 577. The summed E-state index contributed by atoms with van der Waals surface area (Å²) in [6.45, 7) is 8.16. The van der Waals surface area contributed by atoms with E-state index in [1.807, 2.05) is 0 Å². The molecule has 27 heavy (non-hydrogen) atoms. The van der Waals surface area contributed by atoms with Crippen LogP contribution >= 0.6 is 0 Å². The molecule has 0 aromatic carbocycles. The Morgan fingerprint density at radius 3 is 2.07 bits per heavy atom. The van der Waals surface area contributed by atoms with Gasteiger partial charge in [0.15, 0.2) is 18.5 Å². The van der Waals surface area contributed by atoms with Crippen molar-refractivity contribution >= 4 is 23.8 Å². The lowest BCUT2D eigenvalue weighted by atomic mass is 9.96. The van der Waals surface area contributed by atoms with E-state index in [9.17, 15) is 19.2 Å². The molecular formula is C17H25NO9. The Labute approximate surface area is 157 Å². The second-order valence-electron chi connectivity index (χ2n) is 5.84. The number of carbonyl (C=O) groups is 4. The van der Waals surface area contributed by atoms with Crippen molar-refractivity contribution in [1.82, 2.24) is 5.32 Å². The minimum Gasteiger partial charge on any atom is -0.463 e. The number of ether oxygens (including phenoxy) is 5. The highest BCUT2D eigenvalue weighted by Gasteiger charge is 2.51. The Hall–Kier alpha value is -2.46. The molecule has 0 radical (unpaired) electrons. The lowest BCUT2D eigenvalue weighted by Crippen LogP contribution is -2.66. The topological polar surface area (TPSA) is 126 Å². The van der Waals surface area contributed by atoms with Crippen LogP contribution < -0.4 is 5.32 Å². The van der Waals surface area contributed by atoms with E-state index in [1.165, 1.54) is 33.8 Å². The van der Waals surface area contributed by atoms with E-state index in [0.29, 0.717) is 0 Å². The largest absolute Gasteiger partial charge is 0.463 e. The van der Waals surface area contributed by atoms with Crippen LogP contribution in [0.4, 0.5) is 0 Å². The van der Waals surface area contributed by atoms with Crippen molar-refractivity contribution in [2.24, 2.45) is 0 Å². The first kappa shape index (κ1) is 22.6. The summed E-state index contributed by atoms with van der Waals surface area (Å²) in [5, 5.41) is 2.59. The molecule has 0 saturated carbocycles. The van der Waals surface area contributed by atoms with Crippen LogP contribution in [0.25, 0.3) is 0 Å². The molecule has 0 aromatic heterocycles. The zero-order chi connectivity index (χ0) is 20.6. The second-order valence-corrected chi connectivity index (χ2v) is 5.84. The molecule has 10 heteroatoms. The van der Waals surface area contributed by atoms with Gasteiger partial charge in [0.25, 0.3) is 0 Å². The van der Waals surface area contributed by atoms with E-state index >= 15 is 0 Å². The van der Waals surface area contributed by atoms with Crippen LogP contribution in [-0.2, 0) is 42.9 Å². The van der Waals surface area contributed by atoms with Gasteiger partial charge >= 0.3 is 17.9 Å². The maximum atomic E-state index is 11.6. The van der Waals surface area contributed by atoms with Crippen molar-refractivity contribution in [3.05, 3.63) is 12.7 Å². The molecule has 0 bridgehead atoms. The van der Waals surface area contributed by atoms with Crippen LogP contribution in [0.5, 0.6) is 0 Å². The van der Waals surface area contributed by atoms with Gasteiger partial charge in [0, 0.05) is 27.7 Å². The van der Waals surface area contributed by atoms with E-state index in [0.717, 1.165) is 0 Å². The van der Waals surface area contributed by atoms with E-state index < -0.39 is 54.5 Å². The van der Waals surface area contributed by atoms with Gasteiger partial charge in [-0.1, -0.05) is 6.08 Å². The highest BCUT2D eigenvalue weighted by atomic mass is 16.7. The zero-order valence-corrected chi connectivity index (χ0v) is 15.8. The van der Waals surface area contributed by atoms with Gasteiger partial charge in [-0.2, -0.15) is 0 Å². The van der Waals surface area contributed by atoms with Gasteiger partial charge < -0.3 is 29.0 Å². The molecule has 0 aromatic rings. The molecule has 1 aliphatic heterocycles. The van der Waals surface area contributed by atoms with Crippen LogP contribution in [0, 0.1) is 0 Å². The summed E-state index contributed by atoms with van der Waals surface area (Å²) in [5.41, 5.74) is 0. The molecule has 1 heterocycles. The van der Waals surface area contributed by atoms with Gasteiger partial charge in [-0.3, -0.25) is 19.2 Å². The lowest BCUT2D eigenvalue weighted by molar-refractivity contribution is -0.275. The van der Waals surface area contributed by atoms with Gasteiger partial charge in [-0.15, -0.1) is 6.58 Å². The third kappa shape index (κ3) is 7.35. The maximum absolute atomic E-state index is 11.6. The number of hydrogen-bond donors (Lipinski definition) is 1. The fraction of sp³-hybridized carbons (Fsp3) is 0.647.